The number of anilines is 1. The first-order valence-electron chi connectivity index (χ1n) is 3.93. The maximum Gasteiger partial charge on any atom is 0.205 e. The number of thiocarbonyl (C=S) groups is 1. The van der Waals surface area contributed by atoms with Gasteiger partial charge in [-0.25, -0.2) is 4.98 Å². The Morgan fingerprint density at radius 1 is 1.29 bits per heavy atom. The summed E-state index contributed by atoms with van der Waals surface area (Å²) < 4.78 is 0. The first-order chi connectivity index (χ1) is 6.86. The minimum absolute atomic E-state index is 0.494. The fraction of sp³-hybridized carbons (Fsp3) is 0. The zero-order valence-corrected chi connectivity index (χ0v) is 7.95. The summed E-state index contributed by atoms with van der Waals surface area (Å²) in [5.41, 5.74) is 0.624. The molecule has 14 heavy (non-hydrogen) atoms. The van der Waals surface area contributed by atoms with Crippen LogP contribution >= 0.6 is 12.2 Å². The molecule has 5 nitrogen and oxygen atoms in total. The lowest BCUT2D eigenvalue weighted by atomic mass is 10.4. The molecule has 0 aliphatic carbocycles. The molecule has 70 valence electrons. The molecule has 0 atom stereocenters. The smallest absolute Gasteiger partial charge is 0.205 e. The second kappa shape index (κ2) is 3.93. The van der Waals surface area contributed by atoms with Crippen LogP contribution in [0.5, 0.6) is 0 Å². The maximum atomic E-state index is 5.09. The number of hydrogen-bond acceptors (Lipinski definition) is 4. The number of aromatic nitrogens is 4. The zero-order chi connectivity index (χ0) is 9.80. The third kappa shape index (κ3) is 1.91. The highest BCUT2D eigenvalue weighted by molar-refractivity contribution is 7.81. The standard InChI is InChI=1S/C8H7N5S/c14-7(6-5-9-1-2-10-6)13-8-11-3-4-12-8/h1-5H,(H2,11,12,13,14). The van der Waals surface area contributed by atoms with Crippen molar-refractivity contribution < 1.29 is 0 Å². The molecule has 0 fully saturated rings. The number of H-pyrrole nitrogens is 1. The largest absolute Gasteiger partial charge is 0.331 e. The van der Waals surface area contributed by atoms with Crippen molar-refractivity contribution in [3.05, 3.63) is 36.7 Å². The Balaban J connectivity index is 2.11. The van der Waals surface area contributed by atoms with Gasteiger partial charge in [0.1, 0.15) is 10.7 Å². The molecule has 0 aliphatic rings. The lowest BCUT2D eigenvalue weighted by Gasteiger charge is -2.02. The minimum atomic E-state index is 0.494. The van der Waals surface area contributed by atoms with Crippen molar-refractivity contribution >= 4 is 23.2 Å². The molecule has 0 aliphatic heterocycles. The van der Waals surface area contributed by atoms with Crippen molar-refractivity contribution in [3.8, 4) is 0 Å². The molecule has 2 aromatic rings. The third-order valence-corrected chi connectivity index (χ3v) is 1.84. The summed E-state index contributed by atoms with van der Waals surface area (Å²) in [6.07, 6.45) is 8.13. The molecule has 0 bridgehead atoms. The van der Waals surface area contributed by atoms with E-state index in [1.165, 1.54) is 0 Å². The molecular formula is C8H7N5S. The Bertz CT molecular complexity index is 411. The van der Waals surface area contributed by atoms with Gasteiger partial charge in [-0.2, -0.15) is 0 Å². The molecule has 0 aromatic carbocycles. The average molecular weight is 205 g/mol. The van der Waals surface area contributed by atoms with Crippen LogP contribution in [0, 0.1) is 0 Å². The molecule has 2 aromatic heterocycles. The summed E-state index contributed by atoms with van der Waals surface area (Å²) in [5.74, 6) is 0.598. The quantitative estimate of drug-likeness (QED) is 0.715. The van der Waals surface area contributed by atoms with E-state index in [0.717, 1.165) is 0 Å². The third-order valence-electron chi connectivity index (χ3n) is 1.53. The van der Waals surface area contributed by atoms with Crippen LogP contribution in [0.3, 0.4) is 0 Å². The molecule has 0 amide bonds. The van der Waals surface area contributed by atoms with Crippen LogP contribution in [-0.4, -0.2) is 24.9 Å². The fourth-order valence-corrected chi connectivity index (χ4v) is 1.12. The number of aromatic amines is 1. The van der Waals surface area contributed by atoms with Crippen molar-refractivity contribution in [1.29, 1.82) is 0 Å². The topological polar surface area (TPSA) is 66.5 Å². The van der Waals surface area contributed by atoms with Crippen molar-refractivity contribution in [2.24, 2.45) is 0 Å². The Hall–Kier alpha value is -1.82. The summed E-state index contributed by atoms with van der Waals surface area (Å²) in [6, 6.07) is 0. The van der Waals surface area contributed by atoms with Gasteiger partial charge >= 0.3 is 0 Å². The lowest BCUT2D eigenvalue weighted by Crippen LogP contribution is -2.13. The molecule has 0 saturated heterocycles. The number of imidazole rings is 1. The predicted octanol–water partition coefficient (Wildman–Crippen LogP) is 0.987. The number of rotatable bonds is 2. The minimum Gasteiger partial charge on any atom is -0.331 e. The van der Waals surface area contributed by atoms with Gasteiger partial charge in [0.25, 0.3) is 0 Å². The molecule has 0 saturated carbocycles. The van der Waals surface area contributed by atoms with Gasteiger partial charge in [-0.15, -0.1) is 0 Å². The zero-order valence-electron chi connectivity index (χ0n) is 7.14. The summed E-state index contributed by atoms with van der Waals surface area (Å²) in [4.78, 5) is 15.3. The van der Waals surface area contributed by atoms with Gasteiger partial charge in [0.2, 0.25) is 5.95 Å². The summed E-state index contributed by atoms with van der Waals surface area (Å²) >= 11 is 5.09. The van der Waals surface area contributed by atoms with Gasteiger partial charge in [-0.1, -0.05) is 12.2 Å². The van der Waals surface area contributed by atoms with E-state index < -0.39 is 0 Å². The van der Waals surface area contributed by atoms with Crippen molar-refractivity contribution in [3.63, 3.8) is 0 Å². The SMILES string of the molecule is S=C(Nc1ncc[nH]1)c1cnccn1. The van der Waals surface area contributed by atoms with Gasteiger partial charge < -0.3 is 10.3 Å². The highest BCUT2D eigenvalue weighted by atomic mass is 32.1. The molecule has 2 N–H and O–H groups in total. The predicted molar refractivity (Wildman–Crippen MR) is 55.9 cm³/mol. The molecule has 0 unspecified atom stereocenters. The number of nitrogens with zero attached hydrogens (tertiary/aromatic N) is 3. The van der Waals surface area contributed by atoms with E-state index in [1.54, 1.807) is 31.0 Å². The van der Waals surface area contributed by atoms with Crippen molar-refractivity contribution in [2.75, 3.05) is 5.32 Å². The monoisotopic (exact) mass is 205 g/mol. The molecule has 2 rings (SSSR count). The van der Waals surface area contributed by atoms with E-state index in [9.17, 15) is 0 Å². The first kappa shape index (κ1) is 8.76. The van der Waals surface area contributed by atoms with Gasteiger partial charge in [0.15, 0.2) is 0 Å². The van der Waals surface area contributed by atoms with Gasteiger partial charge in [-0.3, -0.25) is 9.97 Å². The lowest BCUT2D eigenvalue weighted by molar-refractivity contribution is 1.18. The van der Waals surface area contributed by atoms with Crippen LogP contribution < -0.4 is 5.32 Å². The van der Waals surface area contributed by atoms with Crippen LogP contribution in [0.1, 0.15) is 5.69 Å². The molecule has 6 heteroatoms. The Labute approximate surface area is 85.6 Å². The van der Waals surface area contributed by atoms with Gasteiger partial charge in [0.05, 0.1) is 6.20 Å². The van der Waals surface area contributed by atoms with E-state index in [4.69, 9.17) is 12.2 Å². The molecule has 0 radical (unpaired) electrons. The Morgan fingerprint density at radius 2 is 2.21 bits per heavy atom. The number of nitrogens with one attached hydrogen (secondary N) is 2. The van der Waals surface area contributed by atoms with E-state index in [-0.39, 0.29) is 0 Å². The summed E-state index contributed by atoms with van der Waals surface area (Å²) in [5, 5.41) is 2.90. The van der Waals surface area contributed by atoms with E-state index in [2.05, 4.69) is 25.3 Å². The molecular weight excluding hydrogens is 198 g/mol. The molecule has 2 heterocycles. The Morgan fingerprint density at radius 3 is 2.86 bits per heavy atom. The highest BCUT2D eigenvalue weighted by Crippen LogP contribution is 2.00. The second-order valence-electron chi connectivity index (χ2n) is 2.48. The second-order valence-corrected chi connectivity index (χ2v) is 2.89. The van der Waals surface area contributed by atoms with Crippen LogP contribution in [0.25, 0.3) is 0 Å². The van der Waals surface area contributed by atoms with Crippen molar-refractivity contribution in [2.45, 2.75) is 0 Å². The van der Waals surface area contributed by atoms with E-state index in [0.29, 0.717) is 16.6 Å². The summed E-state index contributed by atoms with van der Waals surface area (Å²) in [6.45, 7) is 0. The van der Waals surface area contributed by atoms with E-state index >= 15 is 0 Å². The van der Waals surface area contributed by atoms with Crippen LogP contribution in [-0.2, 0) is 0 Å². The van der Waals surface area contributed by atoms with Crippen LogP contribution in [0.15, 0.2) is 31.0 Å². The Kier molecular flexibility index (Phi) is 2.46. The normalized spacial score (nSPS) is 9.71. The van der Waals surface area contributed by atoms with Gasteiger partial charge in [0, 0.05) is 24.8 Å². The maximum absolute atomic E-state index is 5.09. The molecule has 0 spiro atoms. The van der Waals surface area contributed by atoms with Gasteiger partial charge in [-0.05, 0) is 0 Å². The van der Waals surface area contributed by atoms with E-state index in [1.807, 2.05) is 0 Å². The van der Waals surface area contributed by atoms with Crippen LogP contribution in [0.2, 0.25) is 0 Å². The van der Waals surface area contributed by atoms with Crippen LogP contribution in [0.4, 0.5) is 5.95 Å². The number of hydrogen-bond donors (Lipinski definition) is 2. The van der Waals surface area contributed by atoms with Crippen molar-refractivity contribution in [1.82, 2.24) is 19.9 Å². The average Bonchev–Trinajstić information content (AvgIpc) is 2.72. The highest BCUT2D eigenvalue weighted by Gasteiger charge is 2.03. The summed E-state index contributed by atoms with van der Waals surface area (Å²) in [7, 11) is 0. The first-order valence-corrected chi connectivity index (χ1v) is 4.34. The fourth-order valence-electron chi connectivity index (χ4n) is 0.922.